The van der Waals surface area contributed by atoms with Crippen molar-refractivity contribution in [1.82, 2.24) is 9.97 Å². The summed E-state index contributed by atoms with van der Waals surface area (Å²) in [6, 6.07) is 7.06. The van der Waals surface area contributed by atoms with Crippen LogP contribution in [0.2, 0.25) is 5.02 Å². The summed E-state index contributed by atoms with van der Waals surface area (Å²) in [6.07, 6.45) is 0. The number of hydrogen-bond donors (Lipinski definition) is 5. The molecule has 26 heavy (non-hydrogen) atoms. The Bertz CT molecular complexity index is 845. The molecule has 1 aromatic carbocycles. The summed E-state index contributed by atoms with van der Waals surface area (Å²) in [5.41, 5.74) is 24.4. The lowest BCUT2D eigenvalue weighted by molar-refractivity contribution is -0.742. The van der Waals surface area contributed by atoms with Crippen LogP contribution in [0.4, 0.5) is 11.8 Å². The van der Waals surface area contributed by atoms with Gasteiger partial charge in [-0.2, -0.15) is 10.1 Å². The van der Waals surface area contributed by atoms with Crippen LogP contribution in [-0.2, 0) is 0 Å². The van der Waals surface area contributed by atoms with Gasteiger partial charge in [0.2, 0.25) is 11.9 Å². The molecule has 9 N–H and O–H groups in total. The Morgan fingerprint density at radius 3 is 2.23 bits per heavy atom. The Hall–Kier alpha value is -3.67. The molecule has 138 valence electrons. The lowest BCUT2D eigenvalue weighted by Gasteiger charge is -2.11. The summed E-state index contributed by atoms with van der Waals surface area (Å²) in [4.78, 5) is 16.5. The molecule has 12 nitrogen and oxygen atoms in total. The SMILES string of the molecule is C/C(=N\N=C(N)N)c1nc(N)nc(N)c1-c1ccc(Cl)cc1.O=[N+]([O-])O. The zero-order valence-corrected chi connectivity index (χ0v) is 14.3. The van der Waals surface area contributed by atoms with Crippen LogP contribution in [0.25, 0.3) is 11.1 Å². The Morgan fingerprint density at radius 1 is 1.19 bits per heavy atom. The number of aromatic nitrogens is 2. The molecular formula is C13H16ClN9O3. The predicted molar refractivity (Wildman–Crippen MR) is 98.1 cm³/mol. The number of hydrogen-bond acceptors (Lipinski definition) is 8. The molecule has 0 radical (unpaired) electrons. The smallest absolute Gasteiger partial charge is 0.291 e. The highest BCUT2D eigenvalue weighted by atomic mass is 35.5. The van der Waals surface area contributed by atoms with Gasteiger partial charge in [-0.15, -0.1) is 15.2 Å². The van der Waals surface area contributed by atoms with Crippen molar-refractivity contribution < 1.29 is 10.3 Å². The van der Waals surface area contributed by atoms with E-state index in [1.54, 1.807) is 31.2 Å². The Balaban J connectivity index is 0.000000765. The maximum Gasteiger partial charge on any atom is 0.291 e. The van der Waals surface area contributed by atoms with Crippen LogP contribution in [0.3, 0.4) is 0 Å². The molecule has 0 aliphatic carbocycles. The van der Waals surface area contributed by atoms with Crippen molar-refractivity contribution in [2.24, 2.45) is 21.7 Å². The van der Waals surface area contributed by atoms with Gasteiger partial charge in [0, 0.05) is 5.02 Å². The topological polar surface area (TPSA) is 218 Å². The third kappa shape index (κ3) is 6.09. The fourth-order valence-electron chi connectivity index (χ4n) is 1.84. The number of nitrogen functional groups attached to an aromatic ring is 2. The summed E-state index contributed by atoms with van der Waals surface area (Å²) in [6.45, 7) is 1.69. The van der Waals surface area contributed by atoms with E-state index in [-0.39, 0.29) is 17.7 Å². The third-order valence-electron chi connectivity index (χ3n) is 2.75. The minimum Gasteiger partial charge on any atom is -0.383 e. The molecule has 0 bridgehead atoms. The number of benzene rings is 1. The number of rotatable bonds is 3. The largest absolute Gasteiger partial charge is 0.383 e. The van der Waals surface area contributed by atoms with E-state index in [1.165, 1.54) is 0 Å². The Kier molecular flexibility index (Phi) is 7.04. The van der Waals surface area contributed by atoms with Crippen molar-refractivity contribution in [3.05, 3.63) is 45.1 Å². The second-order valence-electron chi connectivity index (χ2n) is 4.65. The van der Waals surface area contributed by atoms with Crippen molar-refractivity contribution in [3.63, 3.8) is 0 Å². The zero-order valence-electron chi connectivity index (χ0n) is 13.5. The van der Waals surface area contributed by atoms with Gasteiger partial charge in [-0.05, 0) is 24.6 Å². The van der Waals surface area contributed by atoms with Crippen LogP contribution in [-0.4, -0.2) is 31.9 Å². The van der Waals surface area contributed by atoms with Gasteiger partial charge in [-0.3, -0.25) is 0 Å². The van der Waals surface area contributed by atoms with Gasteiger partial charge in [0.1, 0.15) is 11.5 Å². The zero-order chi connectivity index (χ0) is 19.9. The molecular weight excluding hydrogens is 366 g/mol. The molecule has 0 aliphatic rings. The van der Waals surface area contributed by atoms with Crippen LogP contribution >= 0.6 is 11.6 Å². The van der Waals surface area contributed by atoms with E-state index < -0.39 is 5.09 Å². The normalized spacial score (nSPS) is 10.5. The van der Waals surface area contributed by atoms with Gasteiger partial charge in [-0.25, -0.2) is 4.98 Å². The summed E-state index contributed by atoms with van der Waals surface area (Å²) in [5.74, 6) is 0.0935. The van der Waals surface area contributed by atoms with Gasteiger partial charge in [-0.1, -0.05) is 23.7 Å². The first-order valence-corrected chi connectivity index (χ1v) is 7.15. The molecule has 0 unspecified atom stereocenters. The van der Waals surface area contributed by atoms with Crippen LogP contribution in [0.5, 0.6) is 0 Å². The van der Waals surface area contributed by atoms with Crippen LogP contribution in [0.1, 0.15) is 12.6 Å². The number of nitrogens with zero attached hydrogens (tertiary/aromatic N) is 5. The molecule has 0 amide bonds. The van der Waals surface area contributed by atoms with E-state index in [0.29, 0.717) is 22.0 Å². The average Bonchev–Trinajstić information content (AvgIpc) is 2.52. The van der Waals surface area contributed by atoms with Crippen molar-refractivity contribution >= 4 is 35.0 Å². The van der Waals surface area contributed by atoms with Crippen molar-refractivity contribution in [2.75, 3.05) is 11.5 Å². The highest BCUT2D eigenvalue weighted by Gasteiger charge is 2.16. The van der Waals surface area contributed by atoms with Gasteiger partial charge >= 0.3 is 0 Å². The molecule has 2 aromatic rings. The molecule has 1 aromatic heterocycles. The van der Waals surface area contributed by atoms with Crippen molar-refractivity contribution in [3.8, 4) is 11.1 Å². The first kappa shape index (κ1) is 20.4. The summed E-state index contributed by atoms with van der Waals surface area (Å²) >= 11 is 5.90. The van der Waals surface area contributed by atoms with Gasteiger partial charge in [0.15, 0.2) is 0 Å². The molecule has 1 heterocycles. The molecule has 0 saturated heterocycles. The standard InChI is InChI=1S/C13H15ClN8.HNO3/c1-6(21-22-12(16)17)10-9(11(15)20-13(18)19-10)7-2-4-8(14)5-3-7;2-1(3)4/h2-5H,1H3,(H4,16,17,22)(H4,15,18,19,20);(H,2,3,4)/b21-6+;. The lowest BCUT2D eigenvalue weighted by atomic mass is 10.0. The Morgan fingerprint density at radius 2 is 1.73 bits per heavy atom. The average molecular weight is 382 g/mol. The minimum atomic E-state index is -1.50. The van der Waals surface area contributed by atoms with Gasteiger partial charge in [0.25, 0.3) is 5.09 Å². The maximum absolute atomic E-state index is 8.36. The maximum atomic E-state index is 8.36. The van der Waals surface area contributed by atoms with Crippen molar-refractivity contribution in [2.45, 2.75) is 6.92 Å². The van der Waals surface area contributed by atoms with E-state index in [4.69, 9.17) is 49.9 Å². The van der Waals surface area contributed by atoms with Crippen LogP contribution < -0.4 is 22.9 Å². The second kappa shape index (κ2) is 8.98. The van der Waals surface area contributed by atoms with Crippen molar-refractivity contribution in [1.29, 1.82) is 0 Å². The highest BCUT2D eigenvalue weighted by Crippen LogP contribution is 2.29. The van der Waals surface area contributed by atoms with E-state index in [2.05, 4.69) is 20.2 Å². The molecule has 0 aliphatic heterocycles. The molecule has 0 fully saturated rings. The first-order valence-electron chi connectivity index (χ1n) is 6.77. The van der Waals surface area contributed by atoms with E-state index in [9.17, 15) is 0 Å². The van der Waals surface area contributed by atoms with Crippen LogP contribution in [0, 0.1) is 10.1 Å². The van der Waals surface area contributed by atoms with Gasteiger partial charge in [0.05, 0.1) is 11.3 Å². The summed E-state index contributed by atoms with van der Waals surface area (Å²) < 4.78 is 0. The second-order valence-corrected chi connectivity index (χ2v) is 5.08. The van der Waals surface area contributed by atoms with Crippen LogP contribution in [0.15, 0.2) is 34.5 Å². The molecule has 13 heteroatoms. The quantitative estimate of drug-likeness (QED) is 0.217. The Labute approximate surface area is 152 Å². The summed E-state index contributed by atoms with van der Waals surface area (Å²) in [5, 5.41) is 21.8. The molecule has 0 atom stereocenters. The number of halogens is 1. The monoisotopic (exact) mass is 381 g/mol. The molecule has 0 spiro atoms. The first-order chi connectivity index (χ1) is 12.1. The minimum absolute atomic E-state index is 0.0319. The fourth-order valence-corrected chi connectivity index (χ4v) is 1.97. The third-order valence-corrected chi connectivity index (χ3v) is 3.00. The fraction of sp³-hybridized carbons (Fsp3) is 0.0769. The van der Waals surface area contributed by atoms with E-state index in [0.717, 1.165) is 5.56 Å². The predicted octanol–water partition coefficient (Wildman–Crippen LogP) is 0.611. The molecule has 0 saturated carbocycles. The summed E-state index contributed by atoms with van der Waals surface area (Å²) in [7, 11) is 0. The highest BCUT2D eigenvalue weighted by molar-refractivity contribution is 6.30. The van der Waals surface area contributed by atoms with E-state index >= 15 is 0 Å². The number of nitrogens with two attached hydrogens (primary N) is 4. The van der Waals surface area contributed by atoms with E-state index in [1.807, 2.05) is 0 Å². The molecule has 2 rings (SSSR count). The lowest BCUT2D eigenvalue weighted by Crippen LogP contribution is -2.22. The van der Waals surface area contributed by atoms with Gasteiger partial charge < -0.3 is 28.1 Å². The number of anilines is 2. The number of guanidine groups is 1.